The maximum absolute atomic E-state index is 15.6. The van der Waals surface area contributed by atoms with Crippen molar-refractivity contribution >= 4 is 40.6 Å². The predicted molar refractivity (Wildman–Crippen MR) is 262 cm³/mol. The number of halogens is 1. The Kier molecular flexibility index (Phi) is 10.9. The van der Waals surface area contributed by atoms with Gasteiger partial charge in [0.15, 0.2) is 5.82 Å². The summed E-state index contributed by atoms with van der Waals surface area (Å²) in [4.78, 5) is 49.9. The molecule has 356 valence electrons. The summed E-state index contributed by atoms with van der Waals surface area (Å²) >= 11 is 0. The fourth-order valence-electron chi connectivity index (χ4n) is 10.9. The molecule has 1 aliphatic carbocycles. The summed E-state index contributed by atoms with van der Waals surface area (Å²) in [5, 5.41) is 14.1. The van der Waals surface area contributed by atoms with Crippen molar-refractivity contribution in [1.82, 2.24) is 38.5 Å². The number of amides is 1. The van der Waals surface area contributed by atoms with Crippen molar-refractivity contribution in [2.75, 3.05) is 55.8 Å². The van der Waals surface area contributed by atoms with Crippen LogP contribution < -0.4 is 27.0 Å². The highest BCUT2D eigenvalue weighted by atomic mass is 31.2. The van der Waals surface area contributed by atoms with Gasteiger partial charge < -0.3 is 29.0 Å². The molecule has 10 rings (SSSR count). The topological polar surface area (TPSA) is 170 Å². The van der Waals surface area contributed by atoms with E-state index in [1.807, 2.05) is 65.3 Å². The molecular formula is C50H58FN10O6P. The number of nitrogens with one attached hydrogen (secondary N) is 2. The van der Waals surface area contributed by atoms with E-state index in [0.717, 1.165) is 28.4 Å². The predicted octanol–water partition coefficient (Wildman–Crippen LogP) is 7.56. The minimum absolute atomic E-state index is 0.00113. The van der Waals surface area contributed by atoms with Gasteiger partial charge in [0.05, 0.1) is 36.2 Å². The van der Waals surface area contributed by atoms with Crippen LogP contribution in [0.15, 0.2) is 81.1 Å². The number of benzene rings is 3. The number of H-pyrrole nitrogens is 1. The lowest BCUT2D eigenvalue weighted by atomic mass is 10.0. The minimum atomic E-state index is -2.66. The molecule has 4 aromatic heterocycles. The monoisotopic (exact) mass is 944 g/mol. The van der Waals surface area contributed by atoms with E-state index in [4.69, 9.17) is 14.4 Å². The zero-order valence-electron chi connectivity index (χ0n) is 40.0. The molecule has 2 N–H and O–H groups in total. The van der Waals surface area contributed by atoms with E-state index >= 15 is 9.18 Å². The lowest BCUT2D eigenvalue weighted by molar-refractivity contribution is -0.0276. The number of aromatic nitrogens is 7. The normalized spacial score (nSPS) is 20.3. The van der Waals surface area contributed by atoms with E-state index in [9.17, 15) is 14.2 Å². The zero-order valence-corrected chi connectivity index (χ0v) is 40.9. The molecule has 0 radical (unpaired) electrons. The van der Waals surface area contributed by atoms with Gasteiger partial charge in [-0.3, -0.25) is 28.1 Å². The number of aromatic amines is 1. The molecule has 0 spiro atoms. The average Bonchev–Trinajstić information content (AvgIpc) is 3.82. The quantitative estimate of drug-likeness (QED) is 0.123. The molecular weight excluding hydrogens is 887 g/mol. The third kappa shape index (κ3) is 7.10. The summed E-state index contributed by atoms with van der Waals surface area (Å²) in [7, 11) is -0.878. The smallest absolute Gasteiger partial charge is 0.387 e. The number of carbonyl (C=O) groups excluding carboxylic acids is 1. The van der Waals surface area contributed by atoms with Crippen LogP contribution in [-0.2, 0) is 21.4 Å². The number of rotatable bonds is 11. The van der Waals surface area contributed by atoms with E-state index in [-0.39, 0.29) is 28.9 Å². The Hall–Kier alpha value is -6.45. The number of aryl methyl sites for hydroxylation is 2. The molecule has 1 saturated heterocycles. The fraction of sp³-hybridized carbons (Fsp3) is 0.420. The van der Waals surface area contributed by atoms with Crippen LogP contribution in [0, 0.1) is 25.6 Å². The standard InChI is InChI=1S/C50H58FN10O6P/c1-10-68(65,11-2)40-15-13-36(26-37(40)52-9)58-16-17-59(48(58)64)44-42(34-22-29(3)41(51)30(4)23-34)54-60-19-18-57(32(6)43(44)60)45(62)39-25-33-24-35(56-20-21-66-49(7,8)28-56)12-14-38(33)61(39)50(27-31(50)5)46-53-47(63)67-55-46/h12-17,22-26,31-32,52H,10-11,18-21,27-28H2,1-9H3,(H,53,55,63). The summed E-state index contributed by atoms with van der Waals surface area (Å²) in [5.41, 5.74) is 5.01. The lowest BCUT2D eigenvalue weighted by Crippen LogP contribution is -2.48. The number of hydrogen-bond donors (Lipinski definition) is 2. The van der Waals surface area contributed by atoms with Crippen molar-refractivity contribution in [2.45, 2.75) is 85.5 Å². The summed E-state index contributed by atoms with van der Waals surface area (Å²) in [5.74, 6) is -0.883. The number of ether oxygens (including phenoxy) is 1. The van der Waals surface area contributed by atoms with Crippen LogP contribution in [0.25, 0.3) is 33.5 Å². The van der Waals surface area contributed by atoms with Crippen LogP contribution in [0.3, 0.4) is 0 Å². The van der Waals surface area contributed by atoms with Crippen molar-refractivity contribution in [3.05, 3.63) is 122 Å². The Morgan fingerprint density at radius 1 is 0.956 bits per heavy atom. The van der Waals surface area contributed by atoms with Gasteiger partial charge in [0.1, 0.15) is 35.6 Å². The van der Waals surface area contributed by atoms with Gasteiger partial charge in [-0.15, -0.1) is 0 Å². The largest absolute Gasteiger partial charge is 0.438 e. The van der Waals surface area contributed by atoms with Crippen molar-refractivity contribution in [2.24, 2.45) is 5.92 Å². The number of carbonyl (C=O) groups is 1. The van der Waals surface area contributed by atoms with Crippen molar-refractivity contribution in [1.29, 1.82) is 0 Å². The molecule has 0 bridgehead atoms. The Labute approximate surface area is 393 Å². The van der Waals surface area contributed by atoms with Gasteiger partial charge in [-0.1, -0.05) is 25.9 Å². The SMILES string of the molecule is CCP(=O)(CC)c1ccc(-n2ccn(-c3c(-c4cc(C)c(F)c(C)c4)nn4c3C(C)N(C(=O)c3cc5cc(N6CCOC(C)(C)C6)ccc5n3C3(c5noc(=O)[nH]5)CC3C)CC4)c2=O)cc1NC. The highest BCUT2D eigenvalue weighted by Gasteiger charge is 2.59. The minimum Gasteiger partial charge on any atom is -0.387 e. The van der Waals surface area contributed by atoms with Crippen LogP contribution >= 0.6 is 7.14 Å². The van der Waals surface area contributed by atoms with Crippen LogP contribution in [0.5, 0.6) is 0 Å². The van der Waals surface area contributed by atoms with E-state index in [0.29, 0.717) is 102 Å². The van der Waals surface area contributed by atoms with Gasteiger partial charge in [-0.2, -0.15) is 5.10 Å². The van der Waals surface area contributed by atoms with Crippen LogP contribution in [0.2, 0.25) is 0 Å². The molecule has 3 aliphatic rings. The van der Waals surface area contributed by atoms with Gasteiger partial charge in [-0.25, -0.2) is 14.0 Å². The summed E-state index contributed by atoms with van der Waals surface area (Å²) in [6.45, 7) is 18.1. The van der Waals surface area contributed by atoms with E-state index < -0.39 is 24.5 Å². The number of imidazole rings is 1. The van der Waals surface area contributed by atoms with Gasteiger partial charge in [-0.05, 0) is 113 Å². The van der Waals surface area contributed by atoms with Crippen molar-refractivity contribution < 1.29 is 23.0 Å². The van der Waals surface area contributed by atoms with E-state index in [1.54, 1.807) is 50.0 Å². The maximum atomic E-state index is 15.6. The van der Waals surface area contributed by atoms with Crippen LogP contribution in [0.4, 0.5) is 15.8 Å². The Balaban J connectivity index is 1.11. The summed E-state index contributed by atoms with van der Waals surface area (Å²) < 4.78 is 47.1. The first kappa shape index (κ1) is 45.3. The molecule has 6 heterocycles. The summed E-state index contributed by atoms with van der Waals surface area (Å²) in [6.07, 6.45) is 5.03. The van der Waals surface area contributed by atoms with Crippen LogP contribution in [-0.4, -0.2) is 95.6 Å². The molecule has 16 nitrogen and oxygen atoms in total. The van der Waals surface area contributed by atoms with Crippen molar-refractivity contribution in [3.8, 4) is 22.6 Å². The maximum Gasteiger partial charge on any atom is 0.438 e. The third-order valence-electron chi connectivity index (χ3n) is 14.7. The Morgan fingerprint density at radius 3 is 2.31 bits per heavy atom. The van der Waals surface area contributed by atoms with Gasteiger partial charge >= 0.3 is 11.4 Å². The second kappa shape index (κ2) is 16.4. The molecule has 3 unspecified atom stereocenters. The van der Waals surface area contributed by atoms with E-state index in [2.05, 4.69) is 53.3 Å². The number of hydrogen-bond acceptors (Lipinski definition) is 10. The molecule has 68 heavy (non-hydrogen) atoms. The molecule has 3 atom stereocenters. The molecule has 7 aromatic rings. The Bertz CT molecular complexity index is 3310. The van der Waals surface area contributed by atoms with E-state index in [1.165, 1.54) is 4.57 Å². The highest BCUT2D eigenvalue weighted by molar-refractivity contribution is 7.71. The second-order valence-electron chi connectivity index (χ2n) is 19.3. The first-order chi connectivity index (χ1) is 32.4. The lowest BCUT2D eigenvalue weighted by Gasteiger charge is -2.39. The second-order valence-corrected chi connectivity index (χ2v) is 22.8. The average molecular weight is 945 g/mol. The number of nitrogens with zero attached hydrogens (tertiary/aromatic N) is 8. The Morgan fingerprint density at radius 2 is 1.66 bits per heavy atom. The van der Waals surface area contributed by atoms with Gasteiger partial charge in [0.25, 0.3) is 5.91 Å². The molecule has 1 saturated carbocycles. The first-order valence-electron chi connectivity index (χ1n) is 23.4. The molecule has 3 aromatic carbocycles. The fourth-order valence-corrected chi connectivity index (χ4v) is 13.0. The number of anilines is 2. The van der Waals surface area contributed by atoms with Gasteiger partial charge in [0, 0.05) is 84.5 Å². The van der Waals surface area contributed by atoms with Crippen molar-refractivity contribution in [3.63, 3.8) is 0 Å². The summed E-state index contributed by atoms with van der Waals surface area (Å²) in [6, 6.07) is 16.5. The molecule has 2 aliphatic heterocycles. The van der Waals surface area contributed by atoms with Gasteiger partial charge in [0.2, 0.25) is 0 Å². The van der Waals surface area contributed by atoms with Crippen LogP contribution in [0.1, 0.15) is 87.1 Å². The third-order valence-corrected chi connectivity index (χ3v) is 18.0. The molecule has 2 fully saturated rings. The number of morpholine rings is 1. The highest BCUT2D eigenvalue weighted by Crippen LogP contribution is 2.56. The first-order valence-corrected chi connectivity index (χ1v) is 25.5. The molecule has 1 amide bonds. The number of fused-ring (bicyclic) bond motifs is 2. The molecule has 18 heteroatoms. The zero-order chi connectivity index (χ0) is 48.2.